The van der Waals surface area contributed by atoms with E-state index in [1.807, 2.05) is 30.5 Å². The molecule has 2 aliphatic heterocycles. The predicted molar refractivity (Wildman–Crippen MR) is 106 cm³/mol. The Hall–Kier alpha value is -3.36. The molecule has 4 rings (SSSR count). The topological polar surface area (TPSA) is 108 Å². The van der Waals surface area contributed by atoms with E-state index in [2.05, 4.69) is 21.0 Å². The lowest BCUT2D eigenvalue weighted by atomic mass is 9.95. The number of likely N-dealkylation sites (tertiary alicyclic amines) is 1. The second kappa shape index (κ2) is 7.94. The number of nitrogens with one attached hydrogen (secondary N) is 3. The first-order chi connectivity index (χ1) is 14.0. The van der Waals surface area contributed by atoms with E-state index in [1.165, 1.54) is 0 Å². The fourth-order valence-corrected chi connectivity index (χ4v) is 3.81. The summed E-state index contributed by atoms with van der Waals surface area (Å²) in [5.41, 5.74) is 0.697. The van der Waals surface area contributed by atoms with Gasteiger partial charge in [-0.3, -0.25) is 19.1 Å². The van der Waals surface area contributed by atoms with Crippen LogP contribution in [0.3, 0.4) is 0 Å². The van der Waals surface area contributed by atoms with Crippen molar-refractivity contribution < 1.29 is 14.4 Å². The van der Waals surface area contributed by atoms with E-state index in [4.69, 9.17) is 0 Å². The van der Waals surface area contributed by atoms with Gasteiger partial charge in [0, 0.05) is 44.0 Å². The van der Waals surface area contributed by atoms with Crippen molar-refractivity contribution in [1.82, 2.24) is 25.3 Å². The van der Waals surface area contributed by atoms with Gasteiger partial charge in [-0.2, -0.15) is 5.10 Å². The Morgan fingerprint density at radius 3 is 2.86 bits per heavy atom. The minimum Gasteiger partial charge on any atom is -0.362 e. The molecule has 1 aromatic carbocycles. The van der Waals surface area contributed by atoms with Crippen molar-refractivity contribution in [1.29, 1.82) is 0 Å². The molecule has 3 heterocycles. The van der Waals surface area contributed by atoms with Crippen LogP contribution in [0, 0.1) is 0 Å². The lowest BCUT2D eigenvalue weighted by molar-refractivity contribution is -0.135. The number of rotatable bonds is 5. The number of hydrogen-bond acceptors (Lipinski definition) is 5. The quantitative estimate of drug-likeness (QED) is 0.685. The summed E-state index contributed by atoms with van der Waals surface area (Å²) in [4.78, 5) is 38.9. The third kappa shape index (κ3) is 4.23. The van der Waals surface area contributed by atoms with Gasteiger partial charge in [-0.15, -0.1) is 0 Å². The fourth-order valence-electron chi connectivity index (χ4n) is 3.81. The van der Waals surface area contributed by atoms with Crippen LogP contribution in [0.5, 0.6) is 0 Å². The van der Waals surface area contributed by atoms with Crippen LogP contribution in [-0.2, 0) is 16.1 Å². The summed E-state index contributed by atoms with van der Waals surface area (Å²) in [7, 11) is 0. The Kier molecular flexibility index (Phi) is 5.20. The zero-order chi connectivity index (χ0) is 20.3. The lowest BCUT2D eigenvalue weighted by Gasteiger charge is -2.39. The number of nitrogens with zero attached hydrogens (tertiary/aromatic N) is 3. The highest BCUT2D eigenvalue weighted by Gasteiger charge is 2.40. The first-order valence-electron chi connectivity index (χ1n) is 9.76. The maximum atomic E-state index is 12.6. The van der Waals surface area contributed by atoms with Gasteiger partial charge in [-0.1, -0.05) is 12.1 Å². The average Bonchev–Trinajstić information content (AvgIpc) is 3.18. The summed E-state index contributed by atoms with van der Waals surface area (Å²) in [6.07, 6.45) is 4.77. The van der Waals surface area contributed by atoms with Crippen LogP contribution in [0.15, 0.2) is 42.7 Å². The van der Waals surface area contributed by atoms with E-state index in [9.17, 15) is 14.4 Å². The van der Waals surface area contributed by atoms with E-state index in [0.717, 1.165) is 5.69 Å². The number of aromatic nitrogens is 2. The van der Waals surface area contributed by atoms with Crippen molar-refractivity contribution >= 4 is 23.4 Å². The molecule has 0 aliphatic carbocycles. The molecule has 2 aromatic rings. The highest BCUT2D eigenvalue weighted by atomic mass is 16.2. The zero-order valence-corrected chi connectivity index (χ0v) is 16.1. The number of benzene rings is 1. The van der Waals surface area contributed by atoms with Crippen LogP contribution < -0.4 is 16.0 Å². The molecule has 0 bridgehead atoms. The third-order valence-electron chi connectivity index (χ3n) is 5.38. The van der Waals surface area contributed by atoms with Crippen LogP contribution >= 0.6 is 0 Å². The summed E-state index contributed by atoms with van der Waals surface area (Å²) in [5, 5.41) is 13.3. The number of hydrogen-bond donors (Lipinski definition) is 3. The van der Waals surface area contributed by atoms with Gasteiger partial charge in [0.1, 0.15) is 5.66 Å². The molecule has 29 heavy (non-hydrogen) atoms. The Morgan fingerprint density at radius 1 is 1.17 bits per heavy atom. The van der Waals surface area contributed by atoms with Crippen LogP contribution in [0.25, 0.3) is 0 Å². The van der Waals surface area contributed by atoms with Crippen LogP contribution in [0.4, 0.5) is 5.69 Å². The van der Waals surface area contributed by atoms with Crippen molar-refractivity contribution in [3.63, 3.8) is 0 Å². The smallest absolute Gasteiger partial charge is 0.255 e. The molecule has 152 valence electrons. The first kappa shape index (κ1) is 19.0. The van der Waals surface area contributed by atoms with Gasteiger partial charge in [-0.05, 0) is 24.6 Å². The summed E-state index contributed by atoms with van der Waals surface area (Å²) >= 11 is 0. The molecule has 3 amide bonds. The van der Waals surface area contributed by atoms with Crippen molar-refractivity contribution in [2.24, 2.45) is 0 Å². The molecule has 1 aromatic heterocycles. The molecule has 2 aliphatic rings. The van der Waals surface area contributed by atoms with Crippen molar-refractivity contribution in [2.75, 3.05) is 25.0 Å². The predicted octanol–water partition coefficient (Wildman–Crippen LogP) is 0.564. The molecule has 1 spiro atoms. The van der Waals surface area contributed by atoms with E-state index < -0.39 is 5.66 Å². The number of carbonyl (C=O) groups excluding carboxylic acids is 3. The summed E-state index contributed by atoms with van der Waals surface area (Å²) in [5.74, 6) is -0.428. The minimum absolute atomic E-state index is 0.0125. The monoisotopic (exact) mass is 396 g/mol. The first-order valence-corrected chi connectivity index (χ1v) is 9.76. The summed E-state index contributed by atoms with van der Waals surface area (Å²) in [6.45, 7) is 1.42. The third-order valence-corrected chi connectivity index (χ3v) is 5.38. The van der Waals surface area contributed by atoms with Gasteiger partial charge < -0.3 is 20.9 Å². The molecule has 0 saturated carbocycles. The van der Waals surface area contributed by atoms with Crippen molar-refractivity contribution in [3.05, 3.63) is 48.3 Å². The SMILES string of the molecule is O=C(CN1CCC2(CCC1=O)NC(=O)c1ccccc1N2)NCCn1cccn1. The van der Waals surface area contributed by atoms with Gasteiger partial charge >= 0.3 is 0 Å². The second-order valence-corrected chi connectivity index (χ2v) is 7.39. The average molecular weight is 396 g/mol. The number of para-hydroxylation sites is 1. The van der Waals surface area contributed by atoms with Crippen LogP contribution in [0.2, 0.25) is 0 Å². The minimum atomic E-state index is -0.674. The second-order valence-electron chi connectivity index (χ2n) is 7.39. The highest BCUT2D eigenvalue weighted by Crippen LogP contribution is 2.31. The molecule has 0 radical (unpaired) electrons. The molecule has 1 saturated heterocycles. The fraction of sp³-hybridized carbons (Fsp3) is 0.400. The molecular weight excluding hydrogens is 372 g/mol. The Labute approximate surface area is 168 Å². The van der Waals surface area contributed by atoms with E-state index in [1.54, 1.807) is 21.8 Å². The highest BCUT2D eigenvalue weighted by molar-refractivity contribution is 6.02. The number of carbonyl (C=O) groups is 3. The molecule has 1 unspecified atom stereocenters. The number of anilines is 1. The molecule has 9 heteroatoms. The Morgan fingerprint density at radius 2 is 2.03 bits per heavy atom. The molecule has 1 fully saturated rings. The molecular formula is C20H24N6O3. The van der Waals surface area contributed by atoms with Crippen molar-refractivity contribution in [3.8, 4) is 0 Å². The Balaban J connectivity index is 1.34. The van der Waals surface area contributed by atoms with Gasteiger partial charge in [0.05, 0.1) is 18.7 Å². The molecule has 9 nitrogen and oxygen atoms in total. The molecule has 1 atom stereocenters. The summed E-state index contributed by atoms with van der Waals surface area (Å²) < 4.78 is 1.73. The van der Waals surface area contributed by atoms with Crippen LogP contribution in [0.1, 0.15) is 29.6 Å². The van der Waals surface area contributed by atoms with Gasteiger partial charge in [-0.25, -0.2) is 0 Å². The largest absolute Gasteiger partial charge is 0.362 e. The van der Waals surface area contributed by atoms with Gasteiger partial charge in [0.15, 0.2) is 0 Å². The number of amides is 3. The van der Waals surface area contributed by atoms with E-state index >= 15 is 0 Å². The Bertz CT molecular complexity index is 913. The van der Waals surface area contributed by atoms with E-state index in [-0.39, 0.29) is 30.7 Å². The zero-order valence-electron chi connectivity index (χ0n) is 16.1. The normalized spacial score (nSPS) is 21.2. The molecule has 3 N–H and O–H groups in total. The maximum absolute atomic E-state index is 12.6. The lowest BCUT2D eigenvalue weighted by Crippen LogP contribution is -2.58. The number of fused-ring (bicyclic) bond motifs is 1. The van der Waals surface area contributed by atoms with Crippen molar-refractivity contribution in [2.45, 2.75) is 31.5 Å². The summed E-state index contributed by atoms with van der Waals surface area (Å²) in [6, 6.07) is 9.16. The maximum Gasteiger partial charge on any atom is 0.255 e. The van der Waals surface area contributed by atoms with Gasteiger partial charge in [0.25, 0.3) is 5.91 Å². The van der Waals surface area contributed by atoms with E-state index in [0.29, 0.717) is 38.0 Å². The standard InChI is InChI=1S/C20H24N6O3/c27-17(21-10-13-26-11-3-9-22-26)14-25-12-8-20(7-6-18(25)28)23-16-5-2-1-4-15(16)19(29)24-20/h1-5,9,11,23H,6-8,10,12-14H2,(H,21,27)(H,24,29). The van der Waals surface area contributed by atoms with Gasteiger partial charge in [0.2, 0.25) is 11.8 Å². The van der Waals surface area contributed by atoms with Crippen LogP contribution in [-0.4, -0.2) is 57.7 Å².